The summed E-state index contributed by atoms with van der Waals surface area (Å²) in [7, 11) is 0. The van der Waals surface area contributed by atoms with Crippen molar-refractivity contribution < 1.29 is 14.3 Å². The molecule has 0 bridgehead atoms. The van der Waals surface area contributed by atoms with Crippen LogP contribution >= 0.6 is 0 Å². The second-order valence-electron chi connectivity index (χ2n) is 4.54. The number of aliphatic carboxylic acids is 1. The fourth-order valence-corrected chi connectivity index (χ4v) is 1.17. The van der Waals surface area contributed by atoms with Crippen LogP contribution < -0.4 is 5.32 Å². The van der Waals surface area contributed by atoms with E-state index in [1.165, 1.54) is 0 Å². The maximum atomic E-state index is 10.8. The lowest BCUT2D eigenvalue weighted by Crippen LogP contribution is -2.35. The zero-order valence-electron chi connectivity index (χ0n) is 10.1. The molecule has 5 heteroatoms. The number of aromatic nitrogens is 1. The smallest absolute Gasteiger partial charge is 0.310 e. The van der Waals surface area contributed by atoms with E-state index in [9.17, 15) is 4.79 Å². The summed E-state index contributed by atoms with van der Waals surface area (Å²) in [5.41, 5.74) is 0.0886. The van der Waals surface area contributed by atoms with E-state index >= 15 is 0 Å². The lowest BCUT2D eigenvalue weighted by atomic mass is 9.94. The molecule has 0 aromatic carbocycles. The normalized spacial score (nSPS) is 11.8. The van der Waals surface area contributed by atoms with Gasteiger partial charge in [-0.3, -0.25) is 4.79 Å². The Morgan fingerprint density at radius 3 is 2.56 bits per heavy atom. The van der Waals surface area contributed by atoms with E-state index in [0.717, 1.165) is 11.5 Å². The summed E-state index contributed by atoms with van der Waals surface area (Å²) in [5, 5.41) is 11.9. The highest BCUT2D eigenvalue weighted by Crippen LogP contribution is 2.14. The van der Waals surface area contributed by atoms with E-state index < -0.39 is 11.4 Å². The minimum Gasteiger partial charge on any atom is -0.481 e. The van der Waals surface area contributed by atoms with Gasteiger partial charge in [0.15, 0.2) is 0 Å². The standard InChI is InChI=1S/C11H18N2O3/c1-7-8(2)16-9(13-7)5-12-6-11(3,4)10(14)15/h12H,5-6H2,1-4H3,(H,14,15). The van der Waals surface area contributed by atoms with Crippen molar-refractivity contribution in [3.05, 3.63) is 17.3 Å². The van der Waals surface area contributed by atoms with Crippen molar-refractivity contribution in [3.8, 4) is 0 Å². The first-order valence-corrected chi connectivity index (χ1v) is 5.20. The number of carbonyl (C=O) groups is 1. The van der Waals surface area contributed by atoms with Gasteiger partial charge in [0.25, 0.3) is 0 Å². The second kappa shape index (κ2) is 4.65. The predicted octanol–water partition coefficient (Wildman–Crippen LogP) is 1.49. The van der Waals surface area contributed by atoms with Crippen LogP contribution in [0.3, 0.4) is 0 Å². The summed E-state index contributed by atoms with van der Waals surface area (Å²) in [6, 6.07) is 0. The van der Waals surface area contributed by atoms with E-state index in [0.29, 0.717) is 19.0 Å². The van der Waals surface area contributed by atoms with E-state index in [1.54, 1.807) is 13.8 Å². The molecule has 1 rings (SSSR count). The number of nitrogens with zero attached hydrogens (tertiary/aromatic N) is 1. The number of hydrogen-bond acceptors (Lipinski definition) is 4. The molecule has 2 N–H and O–H groups in total. The molecule has 0 saturated carbocycles. The fraction of sp³-hybridized carbons (Fsp3) is 0.636. The van der Waals surface area contributed by atoms with Crippen LogP contribution in [0.4, 0.5) is 0 Å². The maximum Gasteiger partial charge on any atom is 0.310 e. The molecule has 16 heavy (non-hydrogen) atoms. The van der Waals surface area contributed by atoms with Gasteiger partial charge in [0, 0.05) is 6.54 Å². The SMILES string of the molecule is Cc1nc(CNCC(C)(C)C(=O)O)oc1C. The molecule has 0 saturated heterocycles. The zero-order valence-corrected chi connectivity index (χ0v) is 10.1. The van der Waals surface area contributed by atoms with Crippen molar-refractivity contribution in [1.82, 2.24) is 10.3 Å². The molecule has 0 spiro atoms. The number of aryl methyl sites for hydroxylation is 2. The Labute approximate surface area is 94.9 Å². The Balaban J connectivity index is 2.44. The van der Waals surface area contributed by atoms with Crippen LogP contribution in [0.2, 0.25) is 0 Å². The fourth-order valence-electron chi connectivity index (χ4n) is 1.17. The minimum absolute atomic E-state index is 0.378. The van der Waals surface area contributed by atoms with Crippen LogP contribution in [-0.4, -0.2) is 22.6 Å². The van der Waals surface area contributed by atoms with Crippen LogP contribution in [0.25, 0.3) is 0 Å². The van der Waals surface area contributed by atoms with Crippen molar-refractivity contribution >= 4 is 5.97 Å². The highest BCUT2D eigenvalue weighted by Gasteiger charge is 2.26. The summed E-state index contributed by atoms with van der Waals surface area (Å²) in [4.78, 5) is 15.0. The second-order valence-corrected chi connectivity index (χ2v) is 4.54. The van der Waals surface area contributed by atoms with Crippen LogP contribution in [0.1, 0.15) is 31.2 Å². The van der Waals surface area contributed by atoms with Gasteiger partial charge in [-0.05, 0) is 27.7 Å². The number of hydrogen-bond donors (Lipinski definition) is 2. The van der Waals surface area contributed by atoms with E-state index in [4.69, 9.17) is 9.52 Å². The monoisotopic (exact) mass is 226 g/mol. The molecule has 0 fully saturated rings. The van der Waals surface area contributed by atoms with Crippen LogP contribution in [0.5, 0.6) is 0 Å². The summed E-state index contributed by atoms with van der Waals surface area (Å²) < 4.78 is 5.37. The molecule has 0 radical (unpaired) electrons. The van der Waals surface area contributed by atoms with Crippen LogP contribution in [0, 0.1) is 19.3 Å². The number of oxazole rings is 1. The lowest BCUT2D eigenvalue weighted by molar-refractivity contribution is -0.146. The molecule has 5 nitrogen and oxygen atoms in total. The lowest BCUT2D eigenvalue weighted by Gasteiger charge is -2.18. The van der Waals surface area contributed by atoms with Crippen molar-refractivity contribution in [2.45, 2.75) is 34.2 Å². The highest BCUT2D eigenvalue weighted by molar-refractivity contribution is 5.73. The Morgan fingerprint density at radius 2 is 2.12 bits per heavy atom. The molecular formula is C11H18N2O3. The van der Waals surface area contributed by atoms with Gasteiger partial charge in [-0.2, -0.15) is 0 Å². The van der Waals surface area contributed by atoms with E-state index in [1.807, 2.05) is 13.8 Å². The van der Waals surface area contributed by atoms with Gasteiger partial charge < -0.3 is 14.8 Å². The number of nitrogens with one attached hydrogen (secondary N) is 1. The number of rotatable bonds is 5. The van der Waals surface area contributed by atoms with Gasteiger partial charge in [-0.25, -0.2) is 4.98 Å². The molecule has 0 aliphatic carbocycles. The first kappa shape index (κ1) is 12.7. The van der Waals surface area contributed by atoms with Gasteiger partial charge in [0.05, 0.1) is 17.7 Å². The third-order valence-corrected chi connectivity index (χ3v) is 2.49. The van der Waals surface area contributed by atoms with Crippen molar-refractivity contribution in [2.24, 2.45) is 5.41 Å². The summed E-state index contributed by atoms with van der Waals surface area (Å²) in [5.74, 6) is 0.574. The molecule has 1 heterocycles. The van der Waals surface area contributed by atoms with Gasteiger partial charge in [-0.1, -0.05) is 0 Å². The van der Waals surface area contributed by atoms with Crippen molar-refractivity contribution in [1.29, 1.82) is 0 Å². The summed E-state index contributed by atoms with van der Waals surface area (Å²) in [6.07, 6.45) is 0. The molecule has 1 aromatic rings. The van der Waals surface area contributed by atoms with Gasteiger partial charge in [-0.15, -0.1) is 0 Å². The Kier molecular flexibility index (Phi) is 3.70. The summed E-state index contributed by atoms with van der Waals surface area (Å²) in [6.45, 7) is 7.91. The molecule has 0 aliphatic rings. The number of carboxylic acid groups (broad SMARTS) is 1. The third-order valence-electron chi connectivity index (χ3n) is 2.49. The Hall–Kier alpha value is -1.36. The van der Waals surface area contributed by atoms with Gasteiger partial charge in [0.1, 0.15) is 5.76 Å². The van der Waals surface area contributed by atoms with Gasteiger partial charge >= 0.3 is 5.97 Å². The average molecular weight is 226 g/mol. The molecular weight excluding hydrogens is 208 g/mol. The Bertz CT molecular complexity index is 363. The predicted molar refractivity (Wildman–Crippen MR) is 59.1 cm³/mol. The number of carboxylic acids is 1. The molecule has 0 atom stereocenters. The molecule has 90 valence electrons. The van der Waals surface area contributed by atoms with Crippen molar-refractivity contribution in [3.63, 3.8) is 0 Å². The maximum absolute atomic E-state index is 10.8. The molecule has 0 aliphatic heterocycles. The minimum atomic E-state index is -0.820. The first-order valence-electron chi connectivity index (χ1n) is 5.20. The Morgan fingerprint density at radius 1 is 1.50 bits per heavy atom. The van der Waals surface area contributed by atoms with E-state index in [-0.39, 0.29) is 0 Å². The van der Waals surface area contributed by atoms with Crippen LogP contribution in [0.15, 0.2) is 4.42 Å². The van der Waals surface area contributed by atoms with E-state index in [2.05, 4.69) is 10.3 Å². The highest BCUT2D eigenvalue weighted by atomic mass is 16.4. The molecule has 0 amide bonds. The quantitative estimate of drug-likeness (QED) is 0.795. The summed E-state index contributed by atoms with van der Waals surface area (Å²) >= 11 is 0. The van der Waals surface area contributed by atoms with Gasteiger partial charge in [0.2, 0.25) is 5.89 Å². The average Bonchev–Trinajstić information content (AvgIpc) is 2.45. The zero-order chi connectivity index (χ0) is 12.3. The van der Waals surface area contributed by atoms with Crippen LogP contribution in [-0.2, 0) is 11.3 Å². The third kappa shape index (κ3) is 3.06. The first-order chi connectivity index (χ1) is 7.33. The molecule has 0 unspecified atom stereocenters. The molecule has 1 aromatic heterocycles. The largest absolute Gasteiger partial charge is 0.481 e. The van der Waals surface area contributed by atoms with Crippen molar-refractivity contribution in [2.75, 3.05) is 6.54 Å². The topological polar surface area (TPSA) is 75.4 Å².